The lowest BCUT2D eigenvalue weighted by molar-refractivity contribution is -0.139. The smallest absolute Gasteiger partial charge is 0.303 e. The van der Waals surface area contributed by atoms with Gasteiger partial charge in [-0.1, -0.05) is 70.6 Å². The summed E-state index contributed by atoms with van der Waals surface area (Å²) in [5.41, 5.74) is 0. The molecule has 0 heterocycles. The third-order valence-electron chi connectivity index (χ3n) is 3.24. The van der Waals surface area contributed by atoms with Crippen LogP contribution in [0.25, 0.3) is 0 Å². The first-order valence-electron chi connectivity index (χ1n) is 8.36. The highest BCUT2D eigenvalue weighted by molar-refractivity contribution is 5.66. The minimum atomic E-state index is -0.303. The van der Waals surface area contributed by atoms with Crippen LogP contribution >= 0.6 is 0 Å². The topological polar surface area (TPSA) is 26.3 Å². The van der Waals surface area contributed by atoms with Gasteiger partial charge in [0.25, 0.3) is 0 Å². The summed E-state index contributed by atoms with van der Waals surface area (Å²) >= 11 is 0. The van der Waals surface area contributed by atoms with E-state index in [9.17, 15) is 4.79 Å². The lowest BCUT2D eigenvalue weighted by Gasteiger charge is -2.00. The molecule has 0 atom stereocenters. The van der Waals surface area contributed by atoms with Crippen molar-refractivity contribution in [3.05, 3.63) is 0 Å². The van der Waals surface area contributed by atoms with Crippen LogP contribution in [0.5, 0.6) is 0 Å². The Morgan fingerprint density at radius 3 is 1.90 bits per heavy atom. The molecule has 0 unspecified atom stereocenters. The van der Waals surface area contributed by atoms with Crippen LogP contribution in [0.1, 0.15) is 84.5 Å². The van der Waals surface area contributed by atoms with Gasteiger partial charge in [-0.05, 0) is 24.2 Å². The molecule has 0 amide bonds. The maximum absolute atomic E-state index is 10.5. The fourth-order valence-corrected chi connectivity index (χ4v) is 2.03. The molecule has 2 nitrogen and oxygen atoms in total. The lowest BCUT2D eigenvalue weighted by Crippen LogP contribution is -1.97. The molecular weight excluding hydrogens is 260 g/mol. The van der Waals surface area contributed by atoms with Crippen molar-refractivity contribution in [1.82, 2.24) is 0 Å². The summed E-state index contributed by atoms with van der Waals surface area (Å²) in [7, 11) is 0. The van der Waals surface area contributed by atoms with Gasteiger partial charge in [0.2, 0.25) is 0 Å². The summed E-state index contributed by atoms with van der Waals surface area (Å²) < 4.78 is 4.67. The van der Waals surface area contributed by atoms with Gasteiger partial charge < -0.3 is 4.74 Å². The quantitative estimate of drug-likeness (QED) is 0.308. The Morgan fingerprint density at radius 1 is 0.810 bits per heavy atom. The average Bonchev–Trinajstić information content (AvgIpc) is 2.46. The number of hydrogen-bond acceptors (Lipinski definition) is 2. The Bertz CT molecular complexity index is 362. The van der Waals surface area contributed by atoms with Crippen LogP contribution in [0.15, 0.2) is 0 Å². The monoisotopic (exact) mass is 290 g/mol. The van der Waals surface area contributed by atoms with Crippen LogP contribution in [-0.4, -0.2) is 12.6 Å². The Labute approximate surface area is 131 Å². The first-order valence-corrected chi connectivity index (χ1v) is 8.36. The van der Waals surface area contributed by atoms with Crippen molar-refractivity contribution in [2.75, 3.05) is 6.61 Å². The molecule has 0 bridgehead atoms. The van der Waals surface area contributed by atoms with Gasteiger partial charge in [0.05, 0.1) is 0 Å². The molecule has 0 aromatic carbocycles. The van der Waals surface area contributed by atoms with Crippen molar-refractivity contribution in [2.24, 2.45) is 0 Å². The number of esters is 1. The minimum absolute atomic E-state index is 0.141. The summed E-state index contributed by atoms with van der Waals surface area (Å²) in [5, 5.41) is 0. The third-order valence-corrected chi connectivity index (χ3v) is 3.24. The van der Waals surface area contributed by atoms with Gasteiger partial charge in [-0.25, -0.2) is 0 Å². The number of hydrogen-bond donors (Lipinski definition) is 0. The van der Waals surface area contributed by atoms with Gasteiger partial charge in [0.1, 0.15) is 0 Å². The van der Waals surface area contributed by atoms with E-state index in [0.717, 1.165) is 12.8 Å². The van der Waals surface area contributed by atoms with E-state index in [0.29, 0.717) is 0 Å². The Morgan fingerprint density at radius 2 is 1.33 bits per heavy atom. The molecule has 0 spiro atoms. The average molecular weight is 290 g/mol. The molecule has 0 aliphatic rings. The predicted molar refractivity (Wildman–Crippen MR) is 88.6 cm³/mol. The second kappa shape index (κ2) is 16.6. The van der Waals surface area contributed by atoms with Crippen molar-refractivity contribution in [2.45, 2.75) is 84.5 Å². The molecular formula is C19H30O2. The summed E-state index contributed by atoms with van der Waals surface area (Å²) in [4.78, 5) is 10.5. The summed E-state index contributed by atoms with van der Waals surface area (Å²) in [6.07, 6.45) is 14.4. The highest BCUT2D eigenvalue weighted by Crippen LogP contribution is 2.10. The summed E-state index contributed by atoms with van der Waals surface area (Å²) in [6.45, 7) is 3.77. The van der Waals surface area contributed by atoms with E-state index in [4.69, 9.17) is 0 Å². The van der Waals surface area contributed by atoms with Gasteiger partial charge in [-0.3, -0.25) is 4.79 Å². The summed E-state index contributed by atoms with van der Waals surface area (Å²) in [5.74, 6) is 10.9. The third kappa shape index (κ3) is 18.6. The molecule has 2 heteroatoms. The van der Waals surface area contributed by atoms with Crippen molar-refractivity contribution in [1.29, 1.82) is 0 Å². The Kier molecular flexibility index (Phi) is 15.5. The lowest BCUT2D eigenvalue weighted by atomic mass is 10.1. The Hall–Kier alpha value is -1.41. The molecule has 0 N–H and O–H groups in total. The van der Waals surface area contributed by atoms with Crippen molar-refractivity contribution >= 4 is 5.97 Å². The normalized spacial score (nSPS) is 9.24. The van der Waals surface area contributed by atoms with Crippen LogP contribution < -0.4 is 0 Å². The maximum Gasteiger partial charge on any atom is 0.303 e. The number of rotatable bonds is 11. The maximum atomic E-state index is 10.5. The van der Waals surface area contributed by atoms with Crippen molar-refractivity contribution in [3.8, 4) is 23.7 Å². The molecule has 0 aliphatic heterocycles. The fraction of sp³-hybridized carbons (Fsp3) is 0.737. The van der Waals surface area contributed by atoms with Crippen LogP contribution in [0.3, 0.4) is 0 Å². The largest absolute Gasteiger partial charge is 0.453 e. The number of ether oxygens (including phenoxy) is 1. The highest BCUT2D eigenvalue weighted by Gasteiger charge is 1.91. The van der Waals surface area contributed by atoms with E-state index in [1.165, 1.54) is 64.7 Å². The van der Waals surface area contributed by atoms with Gasteiger partial charge in [-0.15, -0.1) is 0 Å². The molecule has 118 valence electrons. The zero-order valence-electron chi connectivity index (χ0n) is 13.8. The van der Waals surface area contributed by atoms with Crippen LogP contribution in [0.2, 0.25) is 0 Å². The van der Waals surface area contributed by atoms with Gasteiger partial charge in [0, 0.05) is 13.3 Å². The highest BCUT2D eigenvalue weighted by atomic mass is 16.5. The molecule has 0 fully saturated rings. The fourth-order valence-electron chi connectivity index (χ4n) is 2.03. The molecule has 0 saturated heterocycles. The standard InChI is InChI=1S/C19H30O2/c1-3-4-5-6-7-8-9-10-11-12-13-14-15-16-17-18-21-19(2)20/h3-13,18H2,1-2H3. The number of carbonyl (C=O) groups is 1. The molecule has 0 rings (SSSR count). The van der Waals surface area contributed by atoms with E-state index in [1.54, 1.807) is 0 Å². The molecule has 0 saturated carbocycles. The first-order chi connectivity index (χ1) is 10.3. The zero-order chi connectivity index (χ0) is 15.6. The Balaban J connectivity index is 3.23. The molecule has 0 aromatic rings. The number of carbonyl (C=O) groups excluding carboxylic acids is 1. The predicted octanol–water partition coefficient (Wildman–Crippen LogP) is 4.87. The molecule has 21 heavy (non-hydrogen) atoms. The van der Waals surface area contributed by atoms with E-state index in [-0.39, 0.29) is 12.6 Å². The van der Waals surface area contributed by atoms with E-state index < -0.39 is 0 Å². The van der Waals surface area contributed by atoms with E-state index in [2.05, 4.69) is 35.3 Å². The molecule has 0 radical (unpaired) electrons. The number of unbranched alkanes of at least 4 members (excludes halogenated alkanes) is 10. The second-order valence-corrected chi connectivity index (χ2v) is 5.32. The van der Waals surface area contributed by atoms with E-state index in [1.807, 2.05) is 0 Å². The molecule has 0 aromatic heterocycles. The van der Waals surface area contributed by atoms with Crippen LogP contribution in [0.4, 0.5) is 0 Å². The second-order valence-electron chi connectivity index (χ2n) is 5.32. The van der Waals surface area contributed by atoms with Gasteiger partial charge in [-0.2, -0.15) is 0 Å². The zero-order valence-corrected chi connectivity index (χ0v) is 13.8. The molecule has 0 aliphatic carbocycles. The van der Waals surface area contributed by atoms with Gasteiger partial charge >= 0.3 is 5.97 Å². The van der Waals surface area contributed by atoms with E-state index >= 15 is 0 Å². The SMILES string of the molecule is CCCCCCCCCCCCC#CC#CCOC(C)=O. The van der Waals surface area contributed by atoms with Crippen LogP contribution in [-0.2, 0) is 9.53 Å². The van der Waals surface area contributed by atoms with Crippen LogP contribution in [0, 0.1) is 23.7 Å². The van der Waals surface area contributed by atoms with Gasteiger partial charge in [0.15, 0.2) is 6.61 Å². The van der Waals surface area contributed by atoms with Crippen molar-refractivity contribution < 1.29 is 9.53 Å². The first kappa shape index (κ1) is 19.6. The minimum Gasteiger partial charge on any atom is -0.453 e. The van der Waals surface area contributed by atoms with Crippen molar-refractivity contribution in [3.63, 3.8) is 0 Å². The summed E-state index contributed by atoms with van der Waals surface area (Å²) in [6, 6.07) is 0.